The predicted octanol–water partition coefficient (Wildman–Crippen LogP) is 0.712. The quantitative estimate of drug-likeness (QED) is 0.794. The summed E-state index contributed by atoms with van der Waals surface area (Å²) in [6.07, 6.45) is 0.919. The van der Waals surface area contributed by atoms with E-state index in [9.17, 15) is 9.59 Å². The zero-order valence-electron chi connectivity index (χ0n) is 9.19. The minimum absolute atomic E-state index is 0.0622. The number of hydrogen-bond acceptors (Lipinski definition) is 2. The highest BCUT2D eigenvalue weighted by atomic mass is 16.2. The van der Waals surface area contributed by atoms with Crippen molar-refractivity contribution < 1.29 is 9.59 Å². The third kappa shape index (κ3) is 2.05. The van der Waals surface area contributed by atoms with Gasteiger partial charge in [-0.2, -0.15) is 0 Å². The lowest BCUT2D eigenvalue weighted by molar-refractivity contribution is -0.128. The minimum atomic E-state index is -0.110. The molecule has 1 aromatic carbocycles. The van der Waals surface area contributed by atoms with Crippen molar-refractivity contribution in [1.29, 1.82) is 0 Å². The lowest BCUT2D eigenvalue weighted by Gasteiger charge is -2.26. The molecule has 1 aromatic rings. The highest BCUT2D eigenvalue weighted by molar-refractivity contribution is 6.04. The third-order valence-electron chi connectivity index (χ3n) is 2.67. The van der Waals surface area contributed by atoms with Crippen molar-refractivity contribution in [2.24, 2.45) is 0 Å². The van der Waals surface area contributed by atoms with Gasteiger partial charge < -0.3 is 10.2 Å². The van der Waals surface area contributed by atoms with Gasteiger partial charge in [0.15, 0.2) is 0 Å². The van der Waals surface area contributed by atoms with Crippen LogP contribution in [-0.2, 0) is 16.0 Å². The number of aryl methyl sites for hydroxylation is 1. The standard InChI is InChI=1S/C12H14N2O2/c1-2-9-4-3-5-10(6-9)14-8-11(15)13-7-12(14)16/h3-6H,2,7-8H2,1H3,(H,13,15). The molecule has 2 rings (SSSR count). The maximum absolute atomic E-state index is 11.7. The van der Waals surface area contributed by atoms with E-state index in [-0.39, 0.29) is 24.9 Å². The van der Waals surface area contributed by atoms with Crippen molar-refractivity contribution in [1.82, 2.24) is 5.32 Å². The van der Waals surface area contributed by atoms with E-state index in [0.29, 0.717) is 0 Å². The van der Waals surface area contributed by atoms with Crippen LogP contribution in [0, 0.1) is 0 Å². The molecule has 0 aliphatic carbocycles. The Balaban J connectivity index is 2.27. The molecule has 1 N–H and O–H groups in total. The highest BCUT2D eigenvalue weighted by Crippen LogP contribution is 2.17. The maximum atomic E-state index is 11.7. The topological polar surface area (TPSA) is 49.4 Å². The Labute approximate surface area is 94.2 Å². The molecule has 16 heavy (non-hydrogen) atoms. The molecule has 2 amide bonds. The van der Waals surface area contributed by atoms with Gasteiger partial charge in [-0.1, -0.05) is 19.1 Å². The molecule has 4 nitrogen and oxygen atoms in total. The summed E-state index contributed by atoms with van der Waals surface area (Å²) >= 11 is 0. The molecule has 1 heterocycles. The van der Waals surface area contributed by atoms with Gasteiger partial charge in [-0.05, 0) is 24.1 Å². The summed E-state index contributed by atoms with van der Waals surface area (Å²) in [6, 6.07) is 7.73. The van der Waals surface area contributed by atoms with Crippen molar-refractivity contribution in [3.63, 3.8) is 0 Å². The predicted molar refractivity (Wildman–Crippen MR) is 61.2 cm³/mol. The Morgan fingerprint density at radius 1 is 1.38 bits per heavy atom. The molecule has 1 aliphatic rings. The first-order chi connectivity index (χ1) is 7.70. The largest absolute Gasteiger partial charge is 0.345 e. The summed E-state index contributed by atoms with van der Waals surface area (Å²) in [5, 5.41) is 2.53. The first-order valence-electron chi connectivity index (χ1n) is 5.36. The van der Waals surface area contributed by atoms with Crippen LogP contribution in [0.3, 0.4) is 0 Å². The minimum Gasteiger partial charge on any atom is -0.345 e. The van der Waals surface area contributed by atoms with Gasteiger partial charge in [0.1, 0.15) is 6.54 Å². The van der Waals surface area contributed by atoms with Crippen molar-refractivity contribution in [3.8, 4) is 0 Å². The number of amides is 2. The Kier molecular flexibility index (Phi) is 2.90. The highest BCUT2D eigenvalue weighted by Gasteiger charge is 2.24. The summed E-state index contributed by atoms with van der Waals surface area (Å²) in [5.74, 6) is -0.172. The second-order valence-electron chi connectivity index (χ2n) is 3.78. The summed E-state index contributed by atoms with van der Waals surface area (Å²) in [5.41, 5.74) is 1.97. The van der Waals surface area contributed by atoms with Crippen molar-refractivity contribution in [3.05, 3.63) is 29.8 Å². The fourth-order valence-corrected chi connectivity index (χ4v) is 1.74. The van der Waals surface area contributed by atoms with Gasteiger partial charge in [0, 0.05) is 5.69 Å². The summed E-state index contributed by atoms with van der Waals surface area (Å²) in [6.45, 7) is 2.27. The molecule has 0 atom stereocenters. The lowest BCUT2D eigenvalue weighted by atomic mass is 10.1. The normalized spacial score (nSPS) is 16.2. The van der Waals surface area contributed by atoms with Crippen molar-refractivity contribution in [2.45, 2.75) is 13.3 Å². The molecular weight excluding hydrogens is 204 g/mol. The second-order valence-corrected chi connectivity index (χ2v) is 3.78. The number of piperazine rings is 1. The van der Waals surface area contributed by atoms with Gasteiger partial charge in [0.05, 0.1) is 6.54 Å². The van der Waals surface area contributed by atoms with Crippen LogP contribution in [0.5, 0.6) is 0 Å². The first kappa shape index (κ1) is 10.7. The molecule has 0 unspecified atom stereocenters. The average Bonchev–Trinajstić information content (AvgIpc) is 2.32. The van der Waals surface area contributed by atoms with Gasteiger partial charge >= 0.3 is 0 Å². The van der Waals surface area contributed by atoms with E-state index < -0.39 is 0 Å². The maximum Gasteiger partial charge on any atom is 0.246 e. The van der Waals surface area contributed by atoms with Crippen molar-refractivity contribution in [2.75, 3.05) is 18.0 Å². The van der Waals surface area contributed by atoms with Crippen LogP contribution >= 0.6 is 0 Å². The van der Waals surface area contributed by atoms with Crippen LogP contribution in [0.25, 0.3) is 0 Å². The molecular formula is C12H14N2O2. The van der Waals surface area contributed by atoms with E-state index >= 15 is 0 Å². The fourth-order valence-electron chi connectivity index (χ4n) is 1.74. The summed E-state index contributed by atoms with van der Waals surface area (Å²) in [7, 11) is 0. The molecule has 1 aliphatic heterocycles. The Morgan fingerprint density at radius 2 is 2.19 bits per heavy atom. The van der Waals surface area contributed by atoms with Gasteiger partial charge in [-0.15, -0.1) is 0 Å². The van der Waals surface area contributed by atoms with Crippen LogP contribution in [0.2, 0.25) is 0 Å². The van der Waals surface area contributed by atoms with E-state index in [2.05, 4.69) is 12.2 Å². The number of rotatable bonds is 2. The molecule has 4 heteroatoms. The van der Waals surface area contributed by atoms with Crippen LogP contribution in [0.1, 0.15) is 12.5 Å². The first-order valence-corrected chi connectivity index (χ1v) is 5.36. The molecule has 1 saturated heterocycles. The van der Waals surface area contributed by atoms with Gasteiger partial charge in [-0.3, -0.25) is 9.59 Å². The third-order valence-corrected chi connectivity index (χ3v) is 2.67. The number of benzene rings is 1. The van der Waals surface area contributed by atoms with Gasteiger partial charge in [0.2, 0.25) is 11.8 Å². The lowest BCUT2D eigenvalue weighted by Crippen LogP contribution is -2.51. The van der Waals surface area contributed by atoms with Crippen molar-refractivity contribution >= 4 is 17.5 Å². The number of anilines is 1. The molecule has 0 bridgehead atoms. The smallest absolute Gasteiger partial charge is 0.246 e. The van der Waals surface area contributed by atoms with Gasteiger partial charge in [0.25, 0.3) is 0 Å². The van der Waals surface area contributed by atoms with Crippen LogP contribution in [-0.4, -0.2) is 24.9 Å². The monoisotopic (exact) mass is 218 g/mol. The van der Waals surface area contributed by atoms with E-state index in [1.54, 1.807) is 0 Å². The van der Waals surface area contributed by atoms with Gasteiger partial charge in [-0.25, -0.2) is 0 Å². The van der Waals surface area contributed by atoms with Crippen LogP contribution < -0.4 is 10.2 Å². The fraction of sp³-hybridized carbons (Fsp3) is 0.333. The second kappa shape index (κ2) is 4.35. The molecule has 0 saturated carbocycles. The van der Waals surface area contributed by atoms with E-state index in [1.807, 2.05) is 24.3 Å². The number of carbonyl (C=O) groups excluding carboxylic acids is 2. The SMILES string of the molecule is CCc1cccc(N2CC(=O)NCC2=O)c1. The van der Waals surface area contributed by atoms with Crippen LogP contribution in [0.15, 0.2) is 24.3 Å². The zero-order valence-corrected chi connectivity index (χ0v) is 9.19. The number of carbonyl (C=O) groups is 2. The zero-order chi connectivity index (χ0) is 11.5. The molecule has 0 spiro atoms. The number of hydrogen-bond donors (Lipinski definition) is 1. The summed E-state index contributed by atoms with van der Waals surface area (Å²) in [4.78, 5) is 24.4. The molecule has 0 aromatic heterocycles. The van der Waals surface area contributed by atoms with E-state index in [0.717, 1.165) is 17.7 Å². The Morgan fingerprint density at radius 3 is 2.94 bits per heavy atom. The summed E-state index contributed by atoms with van der Waals surface area (Å²) < 4.78 is 0. The molecule has 1 fully saturated rings. The molecule has 0 radical (unpaired) electrons. The Bertz CT molecular complexity index is 429. The van der Waals surface area contributed by atoms with Crippen LogP contribution in [0.4, 0.5) is 5.69 Å². The number of nitrogens with one attached hydrogen (secondary N) is 1. The molecule has 84 valence electrons. The number of nitrogens with zero attached hydrogens (tertiary/aromatic N) is 1. The average molecular weight is 218 g/mol. The Hall–Kier alpha value is -1.84. The van der Waals surface area contributed by atoms with E-state index in [1.165, 1.54) is 4.90 Å². The van der Waals surface area contributed by atoms with E-state index in [4.69, 9.17) is 0 Å².